The molecule has 2 aliphatic carbocycles. The third-order valence-corrected chi connectivity index (χ3v) is 11.5. The molecular formula is C35H48S. The van der Waals surface area contributed by atoms with E-state index >= 15 is 0 Å². The first-order chi connectivity index (χ1) is 17.6. The van der Waals surface area contributed by atoms with Crippen LogP contribution in [0.15, 0.2) is 67.3 Å². The number of hydrogen-bond acceptors (Lipinski definition) is 0. The SMILES string of the molecule is C=C=S(=C)(CCCC)CCc1ccc(CC2CCC(CCC3C=C(c4ccccc4)CC3)CC2)cc1. The fourth-order valence-corrected chi connectivity index (χ4v) is 8.20. The number of allylic oxidation sites excluding steroid dienone is 2. The maximum atomic E-state index is 4.50. The van der Waals surface area contributed by atoms with Crippen molar-refractivity contribution in [2.24, 2.45) is 17.8 Å². The number of rotatable bonds is 12. The van der Waals surface area contributed by atoms with Gasteiger partial charge in [-0.3, -0.25) is 0 Å². The minimum atomic E-state index is -1.02. The van der Waals surface area contributed by atoms with Crippen LogP contribution in [0.3, 0.4) is 0 Å². The quantitative estimate of drug-likeness (QED) is 0.255. The van der Waals surface area contributed by atoms with Gasteiger partial charge >= 0.3 is 0 Å². The summed E-state index contributed by atoms with van der Waals surface area (Å²) in [4.78, 5) is 0. The Balaban J connectivity index is 1.16. The van der Waals surface area contributed by atoms with Gasteiger partial charge in [-0.15, -0.1) is 5.02 Å². The van der Waals surface area contributed by atoms with E-state index in [0.29, 0.717) is 0 Å². The molecule has 2 aliphatic rings. The predicted molar refractivity (Wildman–Crippen MR) is 166 cm³/mol. The Kier molecular flexibility index (Phi) is 10.2. The number of aryl methyl sites for hydroxylation is 1. The second-order valence-corrected chi connectivity index (χ2v) is 14.7. The topological polar surface area (TPSA) is 0 Å². The van der Waals surface area contributed by atoms with Crippen molar-refractivity contribution in [3.05, 3.63) is 83.9 Å². The van der Waals surface area contributed by atoms with E-state index < -0.39 is 9.21 Å². The van der Waals surface area contributed by atoms with Gasteiger partial charge in [0.2, 0.25) is 0 Å². The van der Waals surface area contributed by atoms with Gasteiger partial charge in [0.25, 0.3) is 0 Å². The maximum Gasteiger partial charge on any atom is -0.00597 e. The molecule has 0 spiro atoms. The van der Waals surface area contributed by atoms with E-state index in [4.69, 9.17) is 0 Å². The zero-order chi connectivity index (χ0) is 25.2. The molecule has 2 aromatic carbocycles. The van der Waals surface area contributed by atoms with Crippen LogP contribution in [0.2, 0.25) is 0 Å². The zero-order valence-electron chi connectivity index (χ0n) is 22.7. The lowest BCUT2D eigenvalue weighted by molar-refractivity contribution is 0.252. The molecule has 0 saturated heterocycles. The van der Waals surface area contributed by atoms with Crippen molar-refractivity contribution >= 4 is 25.7 Å². The van der Waals surface area contributed by atoms with Crippen LogP contribution in [0.5, 0.6) is 0 Å². The molecule has 194 valence electrons. The Morgan fingerprint density at radius 1 is 0.833 bits per heavy atom. The van der Waals surface area contributed by atoms with Gasteiger partial charge in [-0.1, -0.05) is 99.3 Å². The van der Waals surface area contributed by atoms with Crippen LogP contribution in [0.4, 0.5) is 0 Å². The summed E-state index contributed by atoms with van der Waals surface area (Å²) in [6, 6.07) is 20.5. The van der Waals surface area contributed by atoms with Crippen LogP contribution in [0.1, 0.15) is 87.8 Å². The molecule has 2 unspecified atom stereocenters. The summed E-state index contributed by atoms with van der Waals surface area (Å²) < 4.78 is 0. The van der Waals surface area contributed by atoms with E-state index in [-0.39, 0.29) is 0 Å². The third-order valence-electron chi connectivity index (χ3n) is 8.80. The molecule has 1 heteroatoms. The molecule has 4 rings (SSSR count). The monoisotopic (exact) mass is 500 g/mol. The second-order valence-electron chi connectivity index (χ2n) is 11.5. The van der Waals surface area contributed by atoms with Gasteiger partial charge in [-0.05, 0) is 109 Å². The lowest BCUT2D eigenvalue weighted by Crippen LogP contribution is -2.17. The molecule has 0 aromatic heterocycles. The van der Waals surface area contributed by atoms with Gasteiger partial charge in [-0.2, -0.15) is 9.21 Å². The Labute approximate surface area is 222 Å². The van der Waals surface area contributed by atoms with Crippen molar-refractivity contribution < 1.29 is 0 Å². The highest BCUT2D eigenvalue weighted by molar-refractivity contribution is 8.28. The van der Waals surface area contributed by atoms with E-state index in [0.717, 1.165) is 29.9 Å². The number of hydrogen-bond donors (Lipinski definition) is 0. The minimum absolute atomic E-state index is 0.808. The second kappa shape index (κ2) is 13.6. The first kappa shape index (κ1) is 27.1. The highest BCUT2D eigenvalue weighted by Gasteiger charge is 2.23. The lowest BCUT2D eigenvalue weighted by Gasteiger charge is -2.29. The first-order valence-electron chi connectivity index (χ1n) is 14.6. The van der Waals surface area contributed by atoms with Gasteiger partial charge in [0.1, 0.15) is 0 Å². The van der Waals surface area contributed by atoms with Crippen LogP contribution in [0, 0.1) is 17.8 Å². The summed E-state index contributed by atoms with van der Waals surface area (Å²) in [5, 5.41) is 3.31. The van der Waals surface area contributed by atoms with Crippen molar-refractivity contribution in [3.8, 4) is 0 Å². The summed E-state index contributed by atoms with van der Waals surface area (Å²) in [5.41, 5.74) is 6.00. The van der Waals surface area contributed by atoms with E-state index in [1.54, 1.807) is 5.57 Å². The zero-order valence-corrected chi connectivity index (χ0v) is 23.5. The molecule has 0 radical (unpaired) electrons. The van der Waals surface area contributed by atoms with Gasteiger partial charge < -0.3 is 0 Å². The smallest absolute Gasteiger partial charge is 0.00597 e. The third kappa shape index (κ3) is 8.03. The van der Waals surface area contributed by atoms with E-state index in [1.165, 1.54) is 93.1 Å². The Hall–Kier alpha value is -1.95. The van der Waals surface area contributed by atoms with Crippen LogP contribution in [-0.2, 0) is 12.8 Å². The van der Waals surface area contributed by atoms with Gasteiger partial charge in [0, 0.05) is 0 Å². The summed E-state index contributed by atoms with van der Waals surface area (Å²) in [6.45, 7) is 6.23. The summed E-state index contributed by atoms with van der Waals surface area (Å²) in [7, 11) is -1.02. The van der Waals surface area contributed by atoms with Crippen molar-refractivity contribution in [1.82, 2.24) is 0 Å². The molecule has 0 N–H and O–H groups in total. The van der Waals surface area contributed by atoms with E-state index in [1.807, 2.05) is 0 Å². The van der Waals surface area contributed by atoms with Crippen molar-refractivity contribution in [1.29, 1.82) is 0 Å². The van der Waals surface area contributed by atoms with Crippen LogP contribution in [-0.4, -0.2) is 22.4 Å². The van der Waals surface area contributed by atoms with E-state index in [9.17, 15) is 0 Å². The van der Waals surface area contributed by atoms with Crippen LogP contribution < -0.4 is 0 Å². The Bertz CT molecular complexity index is 1100. The van der Waals surface area contributed by atoms with Gasteiger partial charge in [0.05, 0.1) is 0 Å². The van der Waals surface area contributed by atoms with Crippen molar-refractivity contribution in [3.63, 3.8) is 0 Å². The fraction of sp³-hybridized carbons (Fsp3) is 0.514. The first-order valence-corrected chi connectivity index (χ1v) is 16.7. The Morgan fingerprint density at radius 3 is 2.22 bits per heavy atom. The fourth-order valence-electron chi connectivity index (χ4n) is 6.24. The largest absolute Gasteiger partial charge is 0.171 e. The van der Waals surface area contributed by atoms with E-state index in [2.05, 4.69) is 85.1 Å². The normalized spacial score (nSPS) is 23.6. The molecule has 36 heavy (non-hydrogen) atoms. The summed E-state index contributed by atoms with van der Waals surface area (Å²) >= 11 is 0. The lowest BCUT2D eigenvalue weighted by atomic mass is 9.77. The van der Waals surface area contributed by atoms with Crippen molar-refractivity contribution in [2.45, 2.75) is 84.0 Å². The molecule has 1 fully saturated rings. The highest BCUT2D eigenvalue weighted by Crippen LogP contribution is 2.38. The molecule has 0 amide bonds. The number of unbranched alkanes of at least 4 members (excludes halogenated alkanes) is 1. The molecule has 2 atom stereocenters. The average molecular weight is 501 g/mol. The van der Waals surface area contributed by atoms with Crippen molar-refractivity contribution in [2.75, 3.05) is 11.5 Å². The average Bonchev–Trinajstić information content (AvgIpc) is 3.41. The number of benzene rings is 2. The van der Waals surface area contributed by atoms with Crippen LogP contribution >= 0.6 is 9.21 Å². The molecule has 0 aliphatic heterocycles. The predicted octanol–water partition coefficient (Wildman–Crippen LogP) is 9.48. The highest BCUT2D eigenvalue weighted by atomic mass is 32.2. The molecule has 0 nitrogen and oxygen atoms in total. The maximum absolute atomic E-state index is 4.50. The molecule has 0 heterocycles. The molecular weight excluding hydrogens is 452 g/mol. The molecule has 2 aromatic rings. The molecule has 0 bridgehead atoms. The van der Waals surface area contributed by atoms with Crippen LogP contribution in [0.25, 0.3) is 5.57 Å². The minimum Gasteiger partial charge on any atom is -0.171 e. The summed E-state index contributed by atoms with van der Waals surface area (Å²) in [6.07, 6.45) is 18.6. The standard InChI is InChI=1S/C35H48S/c1-4-6-25-36(3,5-2)26-24-30-15-19-32(20-16-30)27-31-17-12-29(13-18-31)14-21-33-22-23-35(28-33)34-10-8-7-9-11-34/h7-11,15-16,19-20,28-29,31,33H,2-4,6,12-14,17-18,21-27H2,1H3. The Morgan fingerprint density at radius 2 is 1.53 bits per heavy atom. The summed E-state index contributed by atoms with van der Waals surface area (Å²) in [5.74, 6) is 9.45. The molecule has 1 saturated carbocycles. The van der Waals surface area contributed by atoms with Gasteiger partial charge in [0.15, 0.2) is 0 Å². The van der Waals surface area contributed by atoms with Gasteiger partial charge in [-0.25, -0.2) is 0 Å².